The first-order valence-corrected chi connectivity index (χ1v) is 9.82. The second-order valence-electron chi connectivity index (χ2n) is 7.00. The quantitative estimate of drug-likeness (QED) is 0.445. The van der Waals surface area contributed by atoms with Crippen LogP contribution in [-0.4, -0.2) is 31.3 Å². The molecular formula is C22H19FN6O2. The van der Waals surface area contributed by atoms with E-state index in [4.69, 9.17) is 15.0 Å². The van der Waals surface area contributed by atoms with Gasteiger partial charge in [-0.1, -0.05) is 5.16 Å². The Morgan fingerprint density at radius 2 is 1.97 bits per heavy atom. The molecular weight excluding hydrogens is 399 g/mol. The van der Waals surface area contributed by atoms with Crippen LogP contribution in [0.4, 0.5) is 10.2 Å². The van der Waals surface area contributed by atoms with Gasteiger partial charge in [-0.05, 0) is 43.3 Å². The molecule has 9 heteroatoms. The molecule has 0 saturated heterocycles. The van der Waals surface area contributed by atoms with Crippen molar-refractivity contribution in [3.05, 3.63) is 66.1 Å². The van der Waals surface area contributed by atoms with Crippen LogP contribution in [0.3, 0.4) is 0 Å². The third kappa shape index (κ3) is 3.49. The number of pyridine rings is 2. The number of halogens is 1. The Hall–Kier alpha value is -3.85. The van der Waals surface area contributed by atoms with E-state index in [2.05, 4.69) is 20.1 Å². The van der Waals surface area contributed by atoms with Crippen molar-refractivity contribution >= 4 is 27.9 Å². The van der Waals surface area contributed by atoms with Crippen LogP contribution in [0.5, 0.6) is 0 Å². The Bertz CT molecular complexity index is 1380. The molecule has 156 valence electrons. The molecule has 0 amide bonds. The summed E-state index contributed by atoms with van der Waals surface area (Å²) in [5, 5.41) is 4.13. The number of nitrogens with two attached hydrogens (primary N) is 1. The number of nitrogens with zero attached hydrogens (tertiary/aromatic N) is 5. The summed E-state index contributed by atoms with van der Waals surface area (Å²) < 4.78 is 26.4. The van der Waals surface area contributed by atoms with Crippen LogP contribution in [0.1, 0.15) is 18.5 Å². The van der Waals surface area contributed by atoms with E-state index in [0.717, 1.165) is 11.1 Å². The van der Waals surface area contributed by atoms with Gasteiger partial charge in [-0.25, -0.2) is 14.4 Å². The van der Waals surface area contributed by atoms with Crippen molar-refractivity contribution in [1.29, 1.82) is 0 Å². The number of aromatic nitrogens is 5. The van der Waals surface area contributed by atoms with Crippen LogP contribution < -0.4 is 5.73 Å². The van der Waals surface area contributed by atoms with Gasteiger partial charge in [-0.15, -0.1) is 0 Å². The van der Waals surface area contributed by atoms with E-state index in [-0.39, 0.29) is 5.82 Å². The Balaban J connectivity index is 1.62. The molecule has 0 fully saturated rings. The molecule has 0 radical (unpaired) electrons. The average Bonchev–Trinajstić information content (AvgIpc) is 3.39. The second kappa shape index (κ2) is 7.77. The van der Waals surface area contributed by atoms with Crippen LogP contribution >= 0.6 is 0 Å². The van der Waals surface area contributed by atoms with Crippen molar-refractivity contribution in [2.45, 2.75) is 20.1 Å². The number of benzene rings is 1. The number of hydrogen-bond acceptors (Lipinski definition) is 7. The lowest BCUT2D eigenvalue weighted by atomic mass is 10.1. The molecule has 2 N–H and O–H groups in total. The number of hydrogen-bond donors (Lipinski definition) is 1. The monoisotopic (exact) mass is 418 g/mol. The lowest BCUT2D eigenvalue weighted by Gasteiger charge is -2.08. The van der Waals surface area contributed by atoms with Gasteiger partial charge in [0, 0.05) is 24.4 Å². The summed E-state index contributed by atoms with van der Waals surface area (Å²) in [5.74, 6) is 1.32. The molecule has 0 aliphatic carbocycles. The minimum absolute atomic E-state index is 0.302. The summed E-state index contributed by atoms with van der Waals surface area (Å²) in [6, 6.07) is 11.6. The third-order valence-corrected chi connectivity index (χ3v) is 4.99. The summed E-state index contributed by atoms with van der Waals surface area (Å²) in [5.41, 5.74) is 10.3. The van der Waals surface area contributed by atoms with Gasteiger partial charge >= 0.3 is 0 Å². The SMILES string of the molecule is CCOCc1nc2c(N)nc3cccnc3c2n1Cc1cc(-c2ccc(F)cc2)no1. The highest BCUT2D eigenvalue weighted by atomic mass is 19.1. The van der Waals surface area contributed by atoms with Crippen molar-refractivity contribution in [3.63, 3.8) is 0 Å². The zero-order valence-electron chi connectivity index (χ0n) is 16.7. The van der Waals surface area contributed by atoms with Gasteiger partial charge in [0.05, 0.1) is 12.1 Å². The van der Waals surface area contributed by atoms with Crippen LogP contribution in [0, 0.1) is 5.82 Å². The van der Waals surface area contributed by atoms with Gasteiger partial charge in [-0.2, -0.15) is 0 Å². The fourth-order valence-corrected chi connectivity index (χ4v) is 3.54. The van der Waals surface area contributed by atoms with E-state index in [1.165, 1.54) is 12.1 Å². The molecule has 31 heavy (non-hydrogen) atoms. The molecule has 4 aromatic heterocycles. The molecule has 0 spiro atoms. The number of fused-ring (bicyclic) bond motifs is 3. The molecule has 0 saturated carbocycles. The molecule has 4 heterocycles. The maximum atomic E-state index is 13.2. The minimum Gasteiger partial charge on any atom is -0.382 e. The third-order valence-electron chi connectivity index (χ3n) is 4.99. The fourth-order valence-electron chi connectivity index (χ4n) is 3.54. The van der Waals surface area contributed by atoms with Gasteiger partial charge in [-0.3, -0.25) is 4.98 Å². The van der Waals surface area contributed by atoms with E-state index < -0.39 is 0 Å². The molecule has 0 atom stereocenters. The second-order valence-corrected chi connectivity index (χ2v) is 7.00. The summed E-state index contributed by atoms with van der Waals surface area (Å²) >= 11 is 0. The Morgan fingerprint density at radius 1 is 1.13 bits per heavy atom. The summed E-state index contributed by atoms with van der Waals surface area (Å²) in [6.45, 7) is 3.12. The first-order chi connectivity index (χ1) is 15.1. The van der Waals surface area contributed by atoms with Gasteiger partial charge in [0.2, 0.25) is 0 Å². The smallest absolute Gasteiger partial charge is 0.157 e. The van der Waals surface area contributed by atoms with E-state index in [1.54, 1.807) is 18.3 Å². The molecule has 8 nitrogen and oxygen atoms in total. The minimum atomic E-state index is -0.302. The Morgan fingerprint density at radius 3 is 2.77 bits per heavy atom. The van der Waals surface area contributed by atoms with E-state index in [0.29, 0.717) is 59.4 Å². The highest BCUT2D eigenvalue weighted by Crippen LogP contribution is 2.29. The van der Waals surface area contributed by atoms with Crippen LogP contribution in [0.2, 0.25) is 0 Å². The highest BCUT2D eigenvalue weighted by molar-refractivity contribution is 6.04. The Labute approximate surface area is 176 Å². The van der Waals surface area contributed by atoms with Gasteiger partial charge in [0.1, 0.15) is 40.5 Å². The molecule has 5 rings (SSSR count). The van der Waals surface area contributed by atoms with E-state index in [9.17, 15) is 4.39 Å². The van der Waals surface area contributed by atoms with Gasteiger partial charge < -0.3 is 19.6 Å². The maximum Gasteiger partial charge on any atom is 0.157 e. The van der Waals surface area contributed by atoms with Crippen molar-refractivity contribution in [2.24, 2.45) is 0 Å². The van der Waals surface area contributed by atoms with Gasteiger partial charge in [0.15, 0.2) is 11.6 Å². The standard InChI is InChI=1S/C22H19FN6O2/c1-2-30-12-18-27-20-21(19-16(26-22(20)24)4-3-9-25-19)29(18)11-15-10-17(28-31-15)13-5-7-14(23)8-6-13/h3-10H,2,11-12H2,1H3,(H2,24,26). The zero-order chi connectivity index (χ0) is 21.4. The van der Waals surface area contributed by atoms with Crippen molar-refractivity contribution < 1.29 is 13.7 Å². The van der Waals surface area contributed by atoms with E-state index >= 15 is 0 Å². The highest BCUT2D eigenvalue weighted by Gasteiger charge is 2.20. The average molecular weight is 418 g/mol. The summed E-state index contributed by atoms with van der Waals surface area (Å²) in [7, 11) is 0. The van der Waals surface area contributed by atoms with Crippen molar-refractivity contribution in [3.8, 4) is 11.3 Å². The topological polar surface area (TPSA) is 105 Å². The summed E-state index contributed by atoms with van der Waals surface area (Å²) in [4.78, 5) is 13.6. The number of nitrogen functional groups attached to an aromatic ring is 1. The van der Waals surface area contributed by atoms with Crippen molar-refractivity contribution in [2.75, 3.05) is 12.3 Å². The number of imidazole rings is 1. The molecule has 0 unspecified atom stereocenters. The number of anilines is 1. The molecule has 0 aliphatic rings. The normalized spacial score (nSPS) is 11.5. The Kier molecular flexibility index (Phi) is 4.79. The fraction of sp³-hybridized carbons (Fsp3) is 0.182. The lowest BCUT2D eigenvalue weighted by Crippen LogP contribution is -2.07. The van der Waals surface area contributed by atoms with Crippen LogP contribution in [0.15, 0.2) is 53.2 Å². The molecule has 0 aliphatic heterocycles. The van der Waals surface area contributed by atoms with Crippen LogP contribution in [-0.2, 0) is 17.9 Å². The largest absolute Gasteiger partial charge is 0.382 e. The van der Waals surface area contributed by atoms with Gasteiger partial charge in [0.25, 0.3) is 0 Å². The summed E-state index contributed by atoms with van der Waals surface area (Å²) in [6.07, 6.45) is 1.71. The van der Waals surface area contributed by atoms with Crippen LogP contribution in [0.25, 0.3) is 33.3 Å². The zero-order valence-corrected chi connectivity index (χ0v) is 16.7. The molecule has 1 aromatic carbocycles. The molecule has 0 bridgehead atoms. The molecule has 5 aromatic rings. The van der Waals surface area contributed by atoms with Crippen molar-refractivity contribution in [1.82, 2.24) is 24.7 Å². The predicted octanol–water partition coefficient (Wildman–Crippen LogP) is 3.94. The first kappa shape index (κ1) is 19.1. The number of ether oxygens (including phenoxy) is 1. The maximum absolute atomic E-state index is 13.2. The first-order valence-electron chi connectivity index (χ1n) is 9.82. The predicted molar refractivity (Wildman–Crippen MR) is 114 cm³/mol. The number of rotatable bonds is 6. The van der Waals surface area contributed by atoms with E-state index in [1.807, 2.05) is 29.7 Å². The lowest BCUT2D eigenvalue weighted by molar-refractivity contribution is 0.126.